The third kappa shape index (κ3) is 5.42. The third-order valence-corrected chi connectivity index (χ3v) is 3.81. The average molecular weight is 336 g/mol. The highest BCUT2D eigenvalue weighted by molar-refractivity contribution is 5.96. The zero-order valence-corrected chi connectivity index (χ0v) is 14.1. The van der Waals surface area contributed by atoms with Gasteiger partial charge in [0.15, 0.2) is 11.5 Å². The van der Waals surface area contributed by atoms with Crippen molar-refractivity contribution in [1.29, 1.82) is 0 Å². The van der Waals surface area contributed by atoms with E-state index in [2.05, 4.69) is 10.6 Å². The van der Waals surface area contributed by atoms with Crippen LogP contribution in [0.4, 0.5) is 0 Å². The molecule has 1 aliphatic rings. The average Bonchev–Trinajstić information content (AvgIpc) is 3.11. The van der Waals surface area contributed by atoms with Gasteiger partial charge in [0, 0.05) is 19.7 Å². The molecule has 1 unspecified atom stereocenters. The molecule has 0 radical (unpaired) electrons. The van der Waals surface area contributed by atoms with Crippen LogP contribution in [-0.4, -0.2) is 45.3 Å². The lowest BCUT2D eigenvalue weighted by Crippen LogP contribution is -2.35. The molecule has 0 spiro atoms. The minimum Gasteiger partial charge on any atom is -0.493 e. The number of hydrogen-bond donors (Lipinski definition) is 2. The minimum atomic E-state index is -0.324. The Morgan fingerprint density at radius 3 is 2.58 bits per heavy atom. The van der Waals surface area contributed by atoms with Gasteiger partial charge < -0.3 is 24.8 Å². The molecule has 0 aliphatic carbocycles. The Bertz CT molecular complexity index is 570. The Morgan fingerprint density at radius 1 is 1.17 bits per heavy atom. The number of rotatable bonds is 8. The normalized spacial score (nSPS) is 16.5. The molecule has 0 saturated carbocycles. The van der Waals surface area contributed by atoms with Crippen LogP contribution in [0.1, 0.15) is 24.8 Å². The second kappa shape index (κ2) is 9.12. The first-order valence-corrected chi connectivity index (χ1v) is 7.98. The highest BCUT2D eigenvalue weighted by atomic mass is 16.5. The molecule has 1 atom stereocenters. The molecule has 1 aromatic carbocycles. The number of carbonyl (C=O) groups is 2. The monoisotopic (exact) mass is 336 g/mol. The molecule has 1 aliphatic heterocycles. The molecule has 1 saturated heterocycles. The highest BCUT2D eigenvalue weighted by Crippen LogP contribution is 2.27. The van der Waals surface area contributed by atoms with E-state index in [1.807, 2.05) is 6.07 Å². The Kier molecular flexibility index (Phi) is 6.87. The van der Waals surface area contributed by atoms with Gasteiger partial charge in [0.25, 0.3) is 0 Å². The first-order valence-electron chi connectivity index (χ1n) is 7.98. The Labute approximate surface area is 141 Å². The van der Waals surface area contributed by atoms with Crippen molar-refractivity contribution in [3.8, 4) is 11.5 Å². The smallest absolute Gasteiger partial charge is 0.229 e. The van der Waals surface area contributed by atoms with Crippen LogP contribution in [0.5, 0.6) is 11.5 Å². The Hall–Kier alpha value is -2.28. The fourth-order valence-corrected chi connectivity index (χ4v) is 2.50. The molecule has 1 fully saturated rings. The topological polar surface area (TPSA) is 85.9 Å². The largest absolute Gasteiger partial charge is 0.493 e. The zero-order chi connectivity index (χ0) is 17.4. The van der Waals surface area contributed by atoms with Crippen LogP contribution in [0.2, 0.25) is 0 Å². The van der Waals surface area contributed by atoms with Gasteiger partial charge in [0.1, 0.15) is 6.42 Å². The van der Waals surface area contributed by atoms with Gasteiger partial charge in [-0.25, -0.2) is 0 Å². The van der Waals surface area contributed by atoms with Gasteiger partial charge in [0.2, 0.25) is 11.8 Å². The standard InChI is InChI=1S/C17H24N2O5/c1-22-14-6-5-12(8-15(14)23-2)10-18-16(20)9-17(21)19-11-13-4-3-7-24-13/h5-6,8,13H,3-4,7,9-11H2,1-2H3,(H,18,20)(H,19,21). The predicted octanol–water partition coefficient (Wildman–Crippen LogP) is 1.01. The molecule has 7 heteroatoms. The first-order chi connectivity index (χ1) is 11.6. The first kappa shape index (κ1) is 18.1. The Morgan fingerprint density at radius 2 is 1.92 bits per heavy atom. The lowest BCUT2D eigenvalue weighted by Gasteiger charge is -2.12. The third-order valence-electron chi connectivity index (χ3n) is 3.81. The van der Waals surface area contributed by atoms with Crippen molar-refractivity contribution in [3.63, 3.8) is 0 Å². The lowest BCUT2D eigenvalue weighted by atomic mass is 10.2. The number of carbonyl (C=O) groups excluding carboxylic acids is 2. The molecule has 2 amide bonds. The molecule has 24 heavy (non-hydrogen) atoms. The van der Waals surface area contributed by atoms with E-state index in [4.69, 9.17) is 14.2 Å². The molecular weight excluding hydrogens is 312 g/mol. The van der Waals surface area contributed by atoms with E-state index in [1.165, 1.54) is 0 Å². The summed E-state index contributed by atoms with van der Waals surface area (Å²) in [5.41, 5.74) is 0.862. The number of nitrogens with one attached hydrogen (secondary N) is 2. The second-order valence-corrected chi connectivity index (χ2v) is 5.58. The number of amides is 2. The molecular formula is C17H24N2O5. The summed E-state index contributed by atoms with van der Waals surface area (Å²) in [6.07, 6.45) is 1.85. The van der Waals surface area contributed by atoms with Crippen LogP contribution in [0.25, 0.3) is 0 Å². The van der Waals surface area contributed by atoms with Crippen LogP contribution in [0.3, 0.4) is 0 Å². The van der Waals surface area contributed by atoms with Crippen molar-refractivity contribution in [2.75, 3.05) is 27.4 Å². The summed E-state index contributed by atoms with van der Waals surface area (Å²) < 4.78 is 15.8. The van der Waals surface area contributed by atoms with Crippen LogP contribution in [0.15, 0.2) is 18.2 Å². The van der Waals surface area contributed by atoms with Gasteiger partial charge in [-0.1, -0.05) is 6.07 Å². The van der Waals surface area contributed by atoms with Crippen LogP contribution >= 0.6 is 0 Å². The van der Waals surface area contributed by atoms with Crippen molar-refractivity contribution < 1.29 is 23.8 Å². The van der Waals surface area contributed by atoms with Crippen LogP contribution in [0, 0.1) is 0 Å². The van der Waals surface area contributed by atoms with E-state index in [0.29, 0.717) is 24.6 Å². The van der Waals surface area contributed by atoms with Crippen molar-refractivity contribution in [1.82, 2.24) is 10.6 Å². The van der Waals surface area contributed by atoms with Gasteiger partial charge in [-0.3, -0.25) is 9.59 Å². The van der Waals surface area contributed by atoms with E-state index in [0.717, 1.165) is 25.0 Å². The van der Waals surface area contributed by atoms with E-state index < -0.39 is 0 Å². The van der Waals surface area contributed by atoms with Gasteiger partial charge in [-0.2, -0.15) is 0 Å². The molecule has 2 rings (SSSR count). The summed E-state index contributed by atoms with van der Waals surface area (Å²) in [5.74, 6) is 0.601. The SMILES string of the molecule is COc1ccc(CNC(=O)CC(=O)NCC2CCCO2)cc1OC. The number of ether oxygens (including phenoxy) is 3. The molecule has 7 nitrogen and oxygen atoms in total. The van der Waals surface area contributed by atoms with E-state index in [1.54, 1.807) is 26.4 Å². The summed E-state index contributed by atoms with van der Waals surface area (Å²) in [4.78, 5) is 23.6. The zero-order valence-electron chi connectivity index (χ0n) is 14.1. The highest BCUT2D eigenvalue weighted by Gasteiger charge is 2.17. The van der Waals surface area contributed by atoms with E-state index in [-0.39, 0.29) is 24.3 Å². The molecule has 0 bridgehead atoms. The van der Waals surface area contributed by atoms with Gasteiger partial charge >= 0.3 is 0 Å². The second-order valence-electron chi connectivity index (χ2n) is 5.58. The molecule has 0 aromatic heterocycles. The van der Waals surface area contributed by atoms with E-state index >= 15 is 0 Å². The van der Waals surface area contributed by atoms with Crippen molar-refractivity contribution in [2.24, 2.45) is 0 Å². The Balaban J connectivity index is 1.73. The molecule has 1 heterocycles. The summed E-state index contributed by atoms with van der Waals surface area (Å²) in [6, 6.07) is 5.39. The summed E-state index contributed by atoms with van der Waals surface area (Å²) in [5, 5.41) is 5.44. The summed E-state index contributed by atoms with van der Waals surface area (Å²) in [6.45, 7) is 1.52. The molecule has 2 N–H and O–H groups in total. The number of methoxy groups -OCH3 is 2. The van der Waals surface area contributed by atoms with Gasteiger partial charge in [0.05, 0.1) is 20.3 Å². The fourth-order valence-electron chi connectivity index (χ4n) is 2.50. The van der Waals surface area contributed by atoms with Gasteiger partial charge in [-0.15, -0.1) is 0 Å². The van der Waals surface area contributed by atoms with Crippen molar-refractivity contribution in [2.45, 2.75) is 31.9 Å². The quantitative estimate of drug-likeness (QED) is 0.692. The maximum atomic E-state index is 11.8. The van der Waals surface area contributed by atoms with Crippen molar-refractivity contribution in [3.05, 3.63) is 23.8 Å². The van der Waals surface area contributed by atoms with Crippen LogP contribution in [-0.2, 0) is 20.9 Å². The molecule has 132 valence electrons. The summed E-state index contributed by atoms with van der Waals surface area (Å²) >= 11 is 0. The lowest BCUT2D eigenvalue weighted by molar-refractivity contribution is -0.129. The summed E-state index contributed by atoms with van der Waals surface area (Å²) in [7, 11) is 3.12. The maximum absolute atomic E-state index is 11.8. The van der Waals surface area contributed by atoms with Gasteiger partial charge in [-0.05, 0) is 30.5 Å². The number of hydrogen-bond acceptors (Lipinski definition) is 5. The predicted molar refractivity (Wildman–Crippen MR) is 88.0 cm³/mol. The minimum absolute atomic E-state index is 0.0729. The molecule has 1 aromatic rings. The van der Waals surface area contributed by atoms with Crippen molar-refractivity contribution >= 4 is 11.8 Å². The maximum Gasteiger partial charge on any atom is 0.229 e. The number of benzene rings is 1. The van der Waals surface area contributed by atoms with Crippen LogP contribution < -0.4 is 20.1 Å². The van der Waals surface area contributed by atoms with E-state index in [9.17, 15) is 9.59 Å². The fraction of sp³-hybridized carbons (Fsp3) is 0.529.